The van der Waals surface area contributed by atoms with Crippen molar-refractivity contribution in [3.8, 4) is 23.1 Å². The number of anilines is 4. The third-order valence-electron chi connectivity index (χ3n) is 7.59. The smallest absolute Gasteiger partial charge is 0.411 e. The van der Waals surface area contributed by atoms with E-state index in [0.29, 0.717) is 47.7 Å². The van der Waals surface area contributed by atoms with Crippen molar-refractivity contribution in [2.24, 2.45) is 4.99 Å². The average Bonchev–Trinajstić information content (AvgIpc) is 3.49. The Bertz CT molecular complexity index is 2080. The standard InChI is InChI=1S/C37H34N8O8/c38-22-53-31-8-2-7-28(21-31)45-37(50)52-16-4-14-40-35(48)43-30-10-12-33-25(19-30)17-24-18-29(9-11-32(24)33)42-34(47)39-13-3-15-51-36(49)44-27-6-1-5-26(20-27)41-23-46/h1-2,5-12,18-21H,3-4,13-17H2,(H,44,49)(H,45,50)(H2,39,42,47)(H2,40,43,48). The highest BCUT2D eigenvalue weighted by Gasteiger charge is 2.20. The maximum Gasteiger partial charge on any atom is 0.411 e. The van der Waals surface area contributed by atoms with Gasteiger partial charge in [-0.1, -0.05) is 24.3 Å². The second kappa shape index (κ2) is 18.6. The van der Waals surface area contributed by atoms with Crippen LogP contribution in [0.5, 0.6) is 5.75 Å². The summed E-state index contributed by atoms with van der Waals surface area (Å²) >= 11 is 0. The van der Waals surface area contributed by atoms with Crippen molar-refractivity contribution in [3.63, 3.8) is 0 Å². The molecule has 4 aromatic carbocycles. The number of benzene rings is 4. The molecule has 0 unspecified atom stereocenters. The molecule has 4 aromatic rings. The molecule has 5 rings (SSSR count). The van der Waals surface area contributed by atoms with E-state index < -0.39 is 24.2 Å². The number of aliphatic imine (C=N–C) groups is 1. The second-order valence-corrected chi connectivity index (χ2v) is 11.4. The number of nitrogens with one attached hydrogen (secondary N) is 6. The van der Waals surface area contributed by atoms with Crippen LogP contribution in [0.4, 0.5) is 47.6 Å². The van der Waals surface area contributed by atoms with Gasteiger partial charge >= 0.3 is 24.2 Å². The van der Waals surface area contributed by atoms with Gasteiger partial charge in [-0.05, 0) is 96.1 Å². The van der Waals surface area contributed by atoms with Crippen LogP contribution in [-0.4, -0.2) is 56.6 Å². The van der Waals surface area contributed by atoms with Crippen LogP contribution in [0, 0.1) is 11.5 Å². The highest BCUT2D eigenvalue weighted by molar-refractivity contribution is 5.92. The zero-order chi connectivity index (χ0) is 37.4. The zero-order valence-electron chi connectivity index (χ0n) is 28.2. The van der Waals surface area contributed by atoms with Gasteiger partial charge in [-0.2, -0.15) is 4.99 Å². The zero-order valence-corrected chi connectivity index (χ0v) is 28.2. The van der Waals surface area contributed by atoms with E-state index in [1.807, 2.05) is 36.4 Å². The minimum absolute atomic E-state index is 0.0723. The molecular weight excluding hydrogens is 684 g/mol. The third-order valence-corrected chi connectivity index (χ3v) is 7.59. The Morgan fingerprint density at radius 3 is 1.74 bits per heavy atom. The minimum atomic E-state index is -0.678. The molecule has 0 spiro atoms. The predicted octanol–water partition coefficient (Wildman–Crippen LogP) is 6.61. The molecule has 16 heteroatoms. The molecule has 0 fully saturated rings. The van der Waals surface area contributed by atoms with Gasteiger partial charge in [0.25, 0.3) is 6.26 Å². The molecule has 0 heterocycles. The lowest BCUT2D eigenvalue weighted by Crippen LogP contribution is -2.30. The largest absolute Gasteiger partial charge is 0.449 e. The molecule has 0 saturated carbocycles. The van der Waals surface area contributed by atoms with E-state index in [-0.39, 0.29) is 32.1 Å². The summed E-state index contributed by atoms with van der Waals surface area (Å²) in [7, 11) is 0. The molecular formula is C37H34N8O8. The van der Waals surface area contributed by atoms with Crippen LogP contribution in [0.3, 0.4) is 0 Å². The summed E-state index contributed by atoms with van der Waals surface area (Å²) in [5, 5.41) is 24.8. The topological polar surface area (TPSA) is 221 Å². The maximum atomic E-state index is 12.5. The summed E-state index contributed by atoms with van der Waals surface area (Å²) in [6.45, 7) is 0.685. The van der Waals surface area contributed by atoms with Crippen molar-refractivity contribution < 1.29 is 38.2 Å². The van der Waals surface area contributed by atoms with Gasteiger partial charge in [-0.25, -0.2) is 24.0 Å². The molecule has 1 aliphatic carbocycles. The molecule has 270 valence electrons. The summed E-state index contributed by atoms with van der Waals surface area (Å²) in [6, 6.07) is 23.1. The lowest BCUT2D eigenvalue weighted by Gasteiger charge is -2.10. The number of carbonyl (C=O) groups excluding carboxylic acids is 5. The number of hydrogen-bond donors (Lipinski definition) is 6. The van der Waals surface area contributed by atoms with Crippen LogP contribution >= 0.6 is 0 Å². The Balaban J connectivity index is 0.971. The van der Waals surface area contributed by atoms with Crippen molar-refractivity contribution in [3.05, 3.63) is 96.1 Å². The van der Waals surface area contributed by atoms with Crippen LogP contribution in [0.1, 0.15) is 24.0 Å². The molecule has 0 radical (unpaired) electrons. The van der Waals surface area contributed by atoms with E-state index in [2.05, 4.69) is 36.9 Å². The van der Waals surface area contributed by atoms with Gasteiger partial charge in [-0.3, -0.25) is 10.6 Å². The molecule has 6 N–H and O–H groups in total. The van der Waals surface area contributed by atoms with Crippen molar-refractivity contribution in [1.82, 2.24) is 10.6 Å². The van der Waals surface area contributed by atoms with Gasteiger partial charge in [0, 0.05) is 41.9 Å². The lowest BCUT2D eigenvalue weighted by atomic mass is 10.1. The summed E-state index contributed by atoms with van der Waals surface area (Å²) in [5.74, 6) is 0.286. The van der Waals surface area contributed by atoms with Crippen molar-refractivity contribution in [2.45, 2.75) is 19.3 Å². The molecule has 0 saturated heterocycles. The van der Waals surface area contributed by atoms with Crippen LogP contribution in [0.25, 0.3) is 11.1 Å². The summed E-state index contributed by atoms with van der Waals surface area (Å²) in [6.07, 6.45) is 3.03. The first-order chi connectivity index (χ1) is 25.8. The normalized spacial score (nSPS) is 10.5. The Kier molecular flexibility index (Phi) is 12.9. The maximum absolute atomic E-state index is 12.5. The Morgan fingerprint density at radius 1 is 0.660 bits per heavy atom. The van der Waals surface area contributed by atoms with Gasteiger partial charge in [0.05, 0.1) is 18.9 Å². The molecule has 0 aromatic heterocycles. The van der Waals surface area contributed by atoms with E-state index in [1.54, 1.807) is 42.7 Å². The quantitative estimate of drug-likeness (QED) is 0.0314. The summed E-state index contributed by atoms with van der Waals surface area (Å²) in [5.41, 5.74) is 6.52. The van der Waals surface area contributed by atoms with Gasteiger partial charge in [0.15, 0.2) is 0 Å². The molecule has 53 heavy (non-hydrogen) atoms. The Hall–Kier alpha value is -7.37. The van der Waals surface area contributed by atoms with E-state index in [1.165, 1.54) is 18.2 Å². The van der Waals surface area contributed by atoms with Crippen LogP contribution in [0.15, 0.2) is 89.9 Å². The summed E-state index contributed by atoms with van der Waals surface area (Å²) < 4.78 is 15.0. The first kappa shape index (κ1) is 36.9. The average molecular weight is 719 g/mol. The number of hydrogen-bond acceptors (Lipinski definition) is 10. The molecule has 1 aliphatic rings. The molecule has 0 atom stereocenters. The van der Waals surface area contributed by atoms with Crippen LogP contribution in [0.2, 0.25) is 0 Å². The first-order valence-corrected chi connectivity index (χ1v) is 16.4. The van der Waals surface area contributed by atoms with Crippen LogP contribution in [-0.2, 0) is 20.7 Å². The monoisotopic (exact) mass is 718 g/mol. The number of nitriles is 1. The Labute approximate surface area is 303 Å². The highest BCUT2D eigenvalue weighted by Crippen LogP contribution is 2.39. The number of amides is 6. The minimum Gasteiger partial charge on any atom is -0.449 e. The van der Waals surface area contributed by atoms with Crippen molar-refractivity contribution in [2.75, 3.05) is 47.6 Å². The van der Waals surface area contributed by atoms with E-state index in [0.717, 1.165) is 22.3 Å². The fraction of sp³-hybridized carbons (Fsp3) is 0.189. The van der Waals surface area contributed by atoms with Gasteiger partial charge in [0.2, 0.25) is 6.08 Å². The fourth-order valence-electron chi connectivity index (χ4n) is 5.30. The number of fused-ring (bicyclic) bond motifs is 3. The SMILES string of the molecule is N#COc1cccc(NC(=O)OCCCNC(=O)Nc2ccc3c(c2)Cc2cc(NC(=O)NCCCOC(=O)Nc4cccc(N=C=O)c4)ccc2-3)c1. The second-order valence-electron chi connectivity index (χ2n) is 11.4. The molecule has 0 aliphatic heterocycles. The van der Waals surface area contributed by atoms with Crippen molar-refractivity contribution >= 4 is 58.8 Å². The van der Waals surface area contributed by atoms with Gasteiger partial charge in [0.1, 0.15) is 5.75 Å². The number of ether oxygens (including phenoxy) is 3. The molecule has 16 nitrogen and oxygen atoms in total. The van der Waals surface area contributed by atoms with E-state index in [4.69, 9.17) is 19.5 Å². The number of nitrogens with zero attached hydrogens (tertiary/aromatic N) is 2. The number of carbonyl (C=O) groups is 4. The first-order valence-electron chi connectivity index (χ1n) is 16.4. The third kappa shape index (κ3) is 11.3. The van der Waals surface area contributed by atoms with Gasteiger partial charge in [-0.15, -0.1) is 5.26 Å². The highest BCUT2D eigenvalue weighted by atomic mass is 16.6. The Morgan fingerprint density at radius 2 is 1.19 bits per heavy atom. The van der Waals surface area contributed by atoms with E-state index in [9.17, 15) is 24.0 Å². The van der Waals surface area contributed by atoms with Gasteiger partial charge < -0.3 is 35.5 Å². The predicted molar refractivity (Wildman–Crippen MR) is 195 cm³/mol. The molecule has 6 amide bonds. The van der Waals surface area contributed by atoms with Crippen molar-refractivity contribution in [1.29, 1.82) is 5.26 Å². The summed E-state index contributed by atoms with van der Waals surface area (Å²) in [4.78, 5) is 62.9. The lowest BCUT2D eigenvalue weighted by molar-refractivity contribution is 0.159. The number of isocyanates is 1. The van der Waals surface area contributed by atoms with Crippen LogP contribution < -0.4 is 36.6 Å². The fourth-order valence-corrected chi connectivity index (χ4v) is 5.30. The van der Waals surface area contributed by atoms with E-state index >= 15 is 0 Å². The number of rotatable bonds is 14. The molecule has 0 bridgehead atoms. The number of urea groups is 2.